The molecule has 2 aromatic carbocycles. The zero-order chi connectivity index (χ0) is 28.8. The van der Waals surface area contributed by atoms with Gasteiger partial charge in [-0.3, -0.25) is 9.80 Å². The molecular formula is C24H20F7N5O3. The van der Waals surface area contributed by atoms with Crippen LogP contribution in [0.25, 0.3) is 0 Å². The molecule has 2 heterocycles. The molecule has 0 atom stereocenters. The molecule has 3 amide bonds. The maximum Gasteiger partial charge on any atom is 0.420 e. The maximum absolute atomic E-state index is 14.1. The minimum Gasteiger partial charge on any atom is -0.407 e. The van der Waals surface area contributed by atoms with E-state index in [1.165, 1.54) is 4.90 Å². The molecule has 2 aliphatic heterocycles. The number of alkyl halides is 6. The fraction of sp³-hybridized carbons (Fsp3) is 0.375. The van der Waals surface area contributed by atoms with Crippen molar-refractivity contribution in [2.24, 2.45) is 0 Å². The van der Waals surface area contributed by atoms with Crippen LogP contribution in [0, 0.1) is 17.1 Å². The van der Waals surface area contributed by atoms with Crippen molar-refractivity contribution in [1.29, 1.82) is 5.26 Å². The molecule has 2 aliphatic rings. The lowest BCUT2D eigenvalue weighted by atomic mass is 9.87. The maximum atomic E-state index is 14.1. The number of hydrogen-bond acceptors (Lipinski definition) is 5. The number of nitrogens with zero attached hydrogens (tertiary/aromatic N) is 4. The third-order valence-corrected chi connectivity index (χ3v) is 6.57. The summed E-state index contributed by atoms with van der Waals surface area (Å²) < 4.78 is 101. The number of halogens is 7. The molecule has 2 aromatic rings. The Morgan fingerprint density at radius 1 is 1.10 bits per heavy atom. The summed E-state index contributed by atoms with van der Waals surface area (Å²) in [6.07, 6.45) is -12.2. The second kappa shape index (κ2) is 9.92. The number of hydrogen-bond donors (Lipinski definition) is 1. The highest BCUT2D eigenvalue weighted by Gasteiger charge is 2.50. The van der Waals surface area contributed by atoms with Crippen molar-refractivity contribution in [1.82, 2.24) is 10.2 Å². The lowest BCUT2D eigenvalue weighted by Crippen LogP contribution is -2.69. The van der Waals surface area contributed by atoms with Crippen LogP contribution in [0.15, 0.2) is 36.4 Å². The van der Waals surface area contributed by atoms with Gasteiger partial charge in [0.1, 0.15) is 11.4 Å². The zero-order valence-corrected chi connectivity index (χ0v) is 20.2. The lowest BCUT2D eigenvalue weighted by Gasteiger charge is -2.47. The standard InChI is InChI=1S/C24H20F7N5O3/c1-34(16-4-2-15(25)3-5-16)21(38)39-19-17(24(29,30)31)10-14(23(26,27)28)11-18(19)35-8-9-36(20(35)37)22(6-7-32)12-33-13-22/h2-5,10-11,33H,6,8-9,12-13H2,1H3. The van der Waals surface area contributed by atoms with E-state index in [1.54, 1.807) is 0 Å². The molecule has 0 unspecified atom stereocenters. The first kappa shape index (κ1) is 28.0. The van der Waals surface area contributed by atoms with Crippen LogP contribution in [0.2, 0.25) is 0 Å². The Labute approximate surface area is 217 Å². The minimum absolute atomic E-state index is 0.0165. The molecule has 0 aromatic heterocycles. The van der Waals surface area contributed by atoms with Crippen molar-refractivity contribution in [3.63, 3.8) is 0 Å². The SMILES string of the molecule is CN(C(=O)Oc1c(N2CCN(C3(CC#N)CNC3)C2=O)cc(C(F)(F)F)cc1C(F)(F)F)c1ccc(F)cc1. The Kier molecular flexibility index (Phi) is 7.11. The largest absolute Gasteiger partial charge is 0.420 e. The Morgan fingerprint density at radius 3 is 2.26 bits per heavy atom. The van der Waals surface area contributed by atoms with Gasteiger partial charge in [-0.25, -0.2) is 14.0 Å². The van der Waals surface area contributed by atoms with E-state index in [2.05, 4.69) is 5.32 Å². The van der Waals surface area contributed by atoms with Crippen LogP contribution in [0.1, 0.15) is 17.5 Å². The summed E-state index contributed by atoms with van der Waals surface area (Å²) >= 11 is 0. The number of amides is 3. The Balaban J connectivity index is 1.80. The van der Waals surface area contributed by atoms with E-state index in [1.807, 2.05) is 6.07 Å². The molecule has 15 heteroatoms. The van der Waals surface area contributed by atoms with Gasteiger partial charge in [0.25, 0.3) is 0 Å². The first-order valence-corrected chi connectivity index (χ1v) is 11.4. The van der Waals surface area contributed by atoms with Crippen molar-refractivity contribution in [2.75, 3.05) is 43.0 Å². The molecule has 0 saturated carbocycles. The average molecular weight is 559 g/mol. The monoisotopic (exact) mass is 559 g/mol. The molecule has 208 valence electrons. The number of carbonyl (C=O) groups excluding carboxylic acids is 2. The van der Waals surface area contributed by atoms with Crippen molar-refractivity contribution in [3.8, 4) is 11.8 Å². The highest BCUT2D eigenvalue weighted by Crippen LogP contribution is 2.47. The van der Waals surface area contributed by atoms with E-state index < -0.39 is 58.4 Å². The van der Waals surface area contributed by atoms with Crippen molar-refractivity contribution >= 4 is 23.5 Å². The summed E-state index contributed by atoms with van der Waals surface area (Å²) in [5, 5.41) is 12.1. The summed E-state index contributed by atoms with van der Waals surface area (Å²) in [7, 11) is 1.10. The average Bonchev–Trinajstić information content (AvgIpc) is 3.21. The van der Waals surface area contributed by atoms with Gasteiger partial charge in [-0.05, 0) is 36.4 Å². The summed E-state index contributed by atoms with van der Waals surface area (Å²) in [4.78, 5) is 28.8. The van der Waals surface area contributed by atoms with Gasteiger partial charge in [0.2, 0.25) is 0 Å². The molecule has 4 rings (SSSR count). The summed E-state index contributed by atoms with van der Waals surface area (Å²) in [5.74, 6) is -1.96. The number of nitrogens with one attached hydrogen (secondary N) is 1. The van der Waals surface area contributed by atoms with E-state index in [0.717, 1.165) is 36.2 Å². The third kappa shape index (κ3) is 5.29. The van der Waals surface area contributed by atoms with Crippen molar-refractivity contribution in [3.05, 3.63) is 53.3 Å². The van der Waals surface area contributed by atoms with Crippen molar-refractivity contribution in [2.45, 2.75) is 24.3 Å². The molecule has 0 radical (unpaired) electrons. The number of urea groups is 1. The number of rotatable bonds is 5. The molecular weight excluding hydrogens is 539 g/mol. The van der Waals surface area contributed by atoms with E-state index in [0.29, 0.717) is 11.0 Å². The van der Waals surface area contributed by atoms with E-state index in [9.17, 15) is 45.6 Å². The summed E-state index contributed by atoms with van der Waals surface area (Å²) in [5.41, 5.74) is -5.50. The van der Waals surface area contributed by atoms with Crippen LogP contribution in [0.4, 0.5) is 51.7 Å². The molecule has 2 saturated heterocycles. The number of ether oxygens (including phenoxy) is 1. The van der Waals surface area contributed by atoms with Crippen LogP contribution in [0.5, 0.6) is 5.75 Å². The first-order chi connectivity index (χ1) is 18.2. The Bertz CT molecular complexity index is 1320. The van der Waals surface area contributed by atoms with Crippen LogP contribution in [-0.4, -0.2) is 55.8 Å². The van der Waals surface area contributed by atoms with Crippen molar-refractivity contribution < 1.29 is 45.1 Å². The van der Waals surface area contributed by atoms with Gasteiger partial charge in [-0.1, -0.05) is 0 Å². The molecule has 8 nitrogen and oxygen atoms in total. The minimum atomic E-state index is -5.41. The predicted octanol–water partition coefficient (Wildman–Crippen LogP) is 5.00. The molecule has 2 fully saturated rings. The van der Waals surface area contributed by atoms with Gasteiger partial charge >= 0.3 is 24.5 Å². The second-order valence-corrected chi connectivity index (χ2v) is 9.02. The van der Waals surface area contributed by atoms with Gasteiger partial charge in [-0.15, -0.1) is 0 Å². The zero-order valence-electron chi connectivity index (χ0n) is 20.2. The predicted molar refractivity (Wildman–Crippen MR) is 123 cm³/mol. The van der Waals surface area contributed by atoms with Gasteiger partial charge < -0.3 is 15.0 Å². The van der Waals surface area contributed by atoms with Crippen LogP contribution >= 0.6 is 0 Å². The molecule has 1 N–H and O–H groups in total. The number of carbonyl (C=O) groups is 2. The Hall–Kier alpha value is -4.06. The normalized spacial score (nSPS) is 17.1. The van der Waals surface area contributed by atoms with Crippen LogP contribution < -0.4 is 19.9 Å². The highest BCUT2D eigenvalue weighted by atomic mass is 19.4. The summed E-state index contributed by atoms with van der Waals surface area (Å²) in [6.45, 7) is -0.00664. The first-order valence-electron chi connectivity index (χ1n) is 11.4. The van der Waals surface area contributed by atoms with E-state index >= 15 is 0 Å². The number of nitriles is 1. The van der Waals surface area contributed by atoms with E-state index in [-0.39, 0.29) is 44.4 Å². The molecule has 0 spiro atoms. The van der Waals surface area contributed by atoms with Crippen LogP contribution in [-0.2, 0) is 12.4 Å². The molecule has 39 heavy (non-hydrogen) atoms. The summed E-state index contributed by atoms with van der Waals surface area (Å²) in [6, 6.07) is 5.35. The number of anilines is 2. The van der Waals surface area contributed by atoms with Gasteiger partial charge in [0.15, 0.2) is 5.75 Å². The smallest absolute Gasteiger partial charge is 0.407 e. The topological polar surface area (TPSA) is 88.9 Å². The van der Waals surface area contributed by atoms with Gasteiger partial charge in [-0.2, -0.15) is 31.6 Å². The Morgan fingerprint density at radius 2 is 1.74 bits per heavy atom. The van der Waals surface area contributed by atoms with E-state index in [4.69, 9.17) is 4.74 Å². The number of benzene rings is 2. The van der Waals surface area contributed by atoms with Gasteiger partial charge in [0.05, 0.1) is 29.3 Å². The fourth-order valence-corrected chi connectivity index (χ4v) is 4.39. The second-order valence-electron chi connectivity index (χ2n) is 9.02. The molecule has 0 bridgehead atoms. The third-order valence-electron chi connectivity index (χ3n) is 6.57. The van der Waals surface area contributed by atoms with Crippen LogP contribution in [0.3, 0.4) is 0 Å². The van der Waals surface area contributed by atoms with Gasteiger partial charge in [0, 0.05) is 38.9 Å². The lowest BCUT2D eigenvalue weighted by molar-refractivity contribution is -0.143. The molecule has 0 aliphatic carbocycles. The fourth-order valence-electron chi connectivity index (χ4n) is 4.39. The quantitative estimate of drug-likeness (QED) is 0.522. The highest BCUT2D eigenvalue weighted by molar-refractivity contribution is 5.98.